The zero-order valence-corrected chi connectivity index (χ0v) is 17.7. The molecule has 0 unspecified atom stereocenters. The lowest BCUT2D eigenvalue weighted by Gasteiger charge is -2.13. The predicted octanol–water partition coefficient (Wildman–Crippen LogP) is 3.87. The molecule has 6 nitrogen and oxygen atoms in total. The van der Waals surface area contributed by atoms with Crippen LogP contribution in [0.1, 0.15) is 11.1 Å². The lowest BCUT2D eigenvalue weighted by atomic mass is 10.2. The first-order chi connectivity index (χ1) is 14.5. The number of rotatable bonds is 5. The number of fused-ring (bicyclic) bond motifs is 1. The van der Waals surface area contributed by atoms with Crippen molar-refractivity contribution in [3.8, 4) is 0 Å². The highest BCUT2D eigenvalue weighted by Gasteiger charge is 2.17. The summed E-state index contributed by atoms with van der Waals surface area (Å²) in [6, 6.07) is 16.1. The molecule has 2 heterocycles. The number of nitrogens with zero attached hydrogens (tertiary/aromatic N) is 2. The number of halogens is 1. The molecule has 4 rings (SSSR count). The second-order valence-electron chi connectivity index (χ2n) is 6.85. The van der Waals surface area contributed by atoms with Crippen molar-refractivity contribution in [2.75, 3.05) is 5.32 Å². The number of aryl methyl sites for hydroxylation is 1. The van der Waals surface area contributed by atoms with E-state index in [0.29, 0.717) is 26.5 Å². The van der Waals surface area contributed by atoms with Crippen molar-refractivity contribution in [1.82, 2.24) is 9.13 Å². The highest BCUT2D eigenvalue weighted by molar-refractivity contribution is 7.17. The number of carbonyl (C=O) groups excluding carboxylic acids is 1. The monoisotopic (exact) mass is 439 g/mol. The first-order valence-electron chi connectivity index (χ1n) is 9.25. The summed E-state index contributed by atoms with van der Waals surface area (Å²) in [5.41, 5.74) is 1.77. The lowest BCUT2D eigenvalue weighted by molar-refractivity contribution is -0.116. The van der Waals surface area contributed by atoms with E-state index in [9.17, 15) is 14.4 Å². The molecule has 0 saturated heterocycles. The van der Waals surface area contributed by atoms with Crippen molar-refractivity contribution in [3.05, 3.63) is 97.0 Å². The zero-order chi connectivity index (χ0) is 21.3. The van der Waals surface area contributed by atoms with Gasteiger partial charge >= 0.3 is 5.69 Å². The van der Waals surface area contributed by atoms with Crippen molar-refractivity contribution in [2.24, 2.45) is 0 Å². The Labute approximate surface area is 181 Å². The number of nitrogens with one attached hydrogen (secondary N) is 1. The normalized spacial score (nSPS) is 11.0. The van der Waals surface area contributed by atoms with Crippen LogP contribution in [0.5, 0.6) is 0 Å². The second-order valence-corrected chi connectivity index (χ2v) is 8.17. The molecule has 0 aliphatic heterocycles. The van der Waals surface area contributed by atoms with E-state index in [1.165, 1.54) is 15.9 Å². The molecule has 2 aromatic carbocycles. The highest BCUT2D eigenvalue weighted by Crippen LogP contribution is 2.18. The Morgan fingerprint density at radius 1 is 1.03 bits per heavy atom. The number of carbonyl (C=O) groups is 1. The van der Waals surface area contributed by atoms with Gasteiger partial charge in [0.25, 0.3) is 5.56 Å². The van der Waals surface area contributed by atoms with E-state index in [1.807, 2.05) is 25.1 Å². The van der Waals surface area contributed by atoms with Gasteiger partial charge in [0.1, 0.15) is 11.2 Å². The van der Waals surface area contributed by atoms with Gasteiger partial charge in [-0.1, -0.05) is 48.0 Å². The molecule has 0 aliphatic carbocycles. The van der Waals surface area contributed by atoms with Gasteiger partial charge in [-0.25, -0.2) is 4.79 Å². The average Bonchev–Trinajstić information content (AvgIpc) is 3.21. The maximum absolute atomic E-state index is 13.2. The van der Waals surface area contributed by atoms with Crippen LogP contribution >= 0.6 is 22.9 Å². The van der Waals surface area contributed by atoms with E-state index < -0.39 is 5.69 Å². The smallest absolute Gasteiger partial charge is 0.324 e. The van der Waals surface area contributed by atoms with Crippen LogP contribution in [-0.4, -0.2) is 15.0 Å². The SMILES string of the molecule is Cc1ccccc1NC(=O)Cn1c(=O)n(Cc2ccccc2Cl)c(=O)c2sccc21. The summed E-state index contributed by atoms with van der Waals surface area (Å²) in [5.74, 6) is -0.346. The van der Waals surface area contributed by atoms with Crippen LogP contribution in [-0.2, 0) is 17.9 Å². The lowest BCUT2D eigenvalue weighted by Crippen LogP contribution is -2.41. The van der Waals surface area contributed by atoms with E-state index in [2.05, 4.69) is 5.32 Å². The molecule has 0 spiro atoms. The van der Waals surface area contributed by atoms with Crippen molar-refractivity contribution >= 4 is 44.7 Å². The van der Waals surface area contributed by atoms with Crippen LogP contribution in [0.3, 0.4) is 0 Å². The third-order valence-electron chi connectivity index (χ3n) is 4.84. The molecule has 0 saturated carbocycles. The minimum atomic E-state index is -0.550. The maximum Gasteiger partial charge on any atom is 0.332 e. The number of hydrogen-bond donors (Lipinski definition) is 1. The first-order valence-corrected chi connectivity index (χ1v) is 10.5. The number of anilines is 1. The van der Waals surface area contributed by atoms with E-state index >= 15 is 0 Å². The summed E-state index contributed by atoms with van der Waals surface area (Å²) in [6.07, 6.45) is 0. The Hall–Kier alpha value is -3.16. The Bertz CT molecular complexity index is 1370. The summed E-state index contributed by atoms with van der Waals surface area (Å²) in [5, 5.41) is 5.04. The first kappa shape index (κ1) is 20.1. The Morgan fingerprint density at radius 3 is 2.53 bits per heavy atom. The van der Waals surface area contributed by atoms with Crippen LogP contribution in [0, 0.1) is 6.92 Å². The van der Waals surface area contributed by atoms with Crippen molar-refractivity contribution < 1.29 is 4.79 Å². The molecular formula is C22H18ClN3O3S. The van der Waals surface area contributed by atoms with Crippen LogP contribution in [0.25, 0.3) is 10.2 Å². The van der Waals surface area contributed by atoms with Crippen LogP contribution < -0.4 is 16.6 Å². The van der Waals surface area contributed by atoms with Gasteiger partial charge < -0.3 is 5.32 Å². The fraction of sp³-hybridized carbons (Fsp3) is 0.136. The quantitative estimate of drug-likeness (QED) is 0.513. The Balaban J connectivity index is 1.75. The van der Waals surface area contributed by atoms with Gasteiger partial charge in [0.05, 0.1) is 12.1 Å². The molecule has 0 aliphatic rings. The molecule has 152 valence electrons. The summed E-state index contributed by atoms with van der Waals surface area (Å²) in [4.78, 5) is 38.8. The highest BCUT2D eigenvalue weighted by atomic mass is 35.5. The van der Waals surface area contributed by atoms with Gasteiger partial charge in [0.15, 0.2) is 0 Å². The minimum Gasteiger partial charge on any atom is -0.324 e. The van der Waals surface area contributed by atoms with Crippen LogP contribution in [0.2, 0.25) is 5.02 Å². The fourth-order valence-electron chi connectivity index (χ4n) is 3.27. The van der Waals surface area contributed by atoms with Gasteiger partial charge in [-0.2, -0.15) is 0 Å². The molecule has 1 N–H and O–H groups in total. The van der Waals surface area contributed by atoms with E-state index in [-0.39, 0.29) is 24.6 Å². The number of hydrogen-bond acceptors (Lipinski definition) is 4. The number of benzene rings is 2. The number of amides is 1. The maximum atomic E-state index is 13.2. The van der Waals surface area contributed by atoms with Crippen LogP contribution in [0.15, 0.2) is 69.6 Å². The van der Waals surface area contributed by atoms with Crippen molar-refractivity contribution in [1.29, 1.82) is 0 Å². The molecular weight excluding hydrogens is 422 g/mol. The van der Waals surface area contributed by atoms with E-state index in [4.69, 9.17) is 11.6 Å². The van der Waals surface area contributed by atoms with Crippen molar-refractivity contribution in [3.63, 3.8) is 0 Å². The van der Waals surface area contributed by atoms with Gasteiger partial charge in [-0.15, -0.1) is 11.3 Å². The van der Waals surface area contributed by atoms with Gasteiger partial charge in [0, 0.05) is 10.7 Å². The van der Waals surface area contributed by atoms with Crippen LogP contribution in [0.4, 0.5) is 5.69 Å². The Morgan fingerprint density at radius 2 is 1.77 bits per heavy atom. The summed E-state index contributed by atoms with van der Waals surface area (Å²) < 4.78 is 2.88. The van der Waals surface area contributed by atoms with Gasteiger partial charge in [-0.3, -0.25) is 18.7 Å². The number of thiophene rings is 1. The molecule has 0 fully saturated rings. The topological polar surface area (TPSA) is 73.1 Å². The molecule has 30 heavy (non-hydrogen) atoms. The zero-order valence-electron chi connectivity index (χ0n) is 16.1. The molecule has 0 radical (unpaired) electrons. The minimum absolute atomic E-state index is 0.0323. The molecule has 0 bridgehead atoms. The van der Waals surface area contributed by atoms with Gasteiger partial charge in [-0.05, 0) is 41.6 Å². The Kier molecular flexibility index (Phi) is 5.57. The third-order valence-corrected chi connectivity index (χ3v) is 6.10. The number of para-hydroxylation sites is 1. The molecule has 1 amide bonds. The summed E-state index contributed by atoms with van der Waals surface area (Å²) >= 11 is 7.46. The van der Waals surface area contributed by atoms with E-state index in [0.717, 1.165) is 10.1 Å². The number of aromatic nitrogens is 2. The standard InChI is InChI=1S/C22H18ClN3O3S/c1-14-6-2-5-9-17(14)24-19(27)13-25-18-10-11-30-20(18)21(28)26(22(25)29)12-15-7-3-4-8-16(15)23/h2-11H,12-13H2,1H3,(H,24,27). The summed E-state index contributed by atoms with van der Waals surface area (Å²) in [7, 11) is 0. The molecule has 0 atom stereocenters. The van der Waals surface area contributed by atoms with Crippen molar-refractivity contribution in [2.45, 2.75) is 20.0 Å². The largest absolute Gasteiger partial charge is 0.332 e. The average molecular weight is 440 g/mol. The summed E-state index contributed by atoms with van der Waals surface area (Å²) in [6.45, 7) is 1.72. The predicted molar refractivity (Wildman–Crippen MR) is 121 cm³/mol. The second kappa shape index (κ2) is 8.30. The fourth-order valence-corrected chi connectivity index (χ4v) is 4.31. The van der Waals surface area contributed by atoms with Gasteiger partial charge in [0.2, 0.25) is 5.91 Å². The molecule has 8 heteroatoms. The molecule has 4 aromatic rings. The third kappa shape index (κ3) is 3.81. The van der Waals surface area contributed by atoms with E-state index in [1.54, 1.807) is 41.8 Å². The molecule has 2 aromatic heterocycles.